The molecular formula is C14H16N2O3S. The van der Waals surface area contributed by atoms with E-state index < -0.39 is 15.9 Å². The zero-order valence-corrected chi connectivity index (χ0v) is 11.9. The largest absolute Gasteiger partial charge is 0.369 e. The number of primary amides is 1. The summed E-state index contributed by atoms with van der Waals surface area (Å²) >= 11 is 0. The number of benzene rings is 2. The molecule has 0 radical (unpaired) electrons. The average Bonchev–Trinajstić information content (AvgIpc) is 2.43. The number of nitrogens with zero attached hydrogens (tertiary/aromatic N) is 1. The van der Waals surface area contributed by atoms with Crippen molar-refractivity contribution in [2.75, 3.05) is 13.1 Å². The predicted molar refractivity (Wildman–Crippen MR) is 77.6 cm³/mol. The second-order valence-corrected chi connectivity index (χ2v) is 6.34. The van der Waals surface area contributed by atoms with Gasteiger partial charge in [0.05, 0.1) is 11.4 Å². The highest BCUT2D eigenvalue weighted by Crippen LogP contribution is 2.21. The normalized spacial score (nSPS) is 11.9. The van der Waals surface area contributed by atoms with Gasteiger partial charge < -0.3 is 5.73 Å². The highest BCUT2D eigenvalue weighted by atomic mass is 32.2. The lowest BCUT2D eigenvalue weighted by atomic mass is 10.1. The number of carbonyl (C=O) groups excluding carboxylic acids is 1. The predicted octanol–water partition coefficient (Wildman–Crippen LogP) is 1.34. The van der Waals surface area contributed by atoms with Gasteiger partial charge in [-0.2, -0.15) is 4.31 Å². The summed E-state index contributed by atoms with van der Waals surface area (Å²) in [6.07, 6.45) is 0. The Kier molecular flexibility index (Phi) is 4.06. The molecule has 0 aliphatic carbocycles. The van der Waals surface area contributed by atoms with Crippen molar-refractivity contribution in [3.8, 4) is 0 Å². The minimum Gasteiger partial charge on any atom is -0.369 e. The summed E-state index contributed by atoms with van der Waals surface area (Å²) in [6.45, 7) is 1.55. The minimum absolute atomic E-state index is 0.166. The van der Waals surface area contributed by atoms with Gasteiger partial charge in [0.2, 0.25) is 15.9 Å². The first-order chi connectivity index (χ1) is 9.45. The Morgan fingerprint density at radius 2 is 1.80 bits per heavy atom. The first-order valence-electron chi connectivity index (χ1n) is 6.22. The average molecular weight is 292 g/mol. The molecule has 0 heterocycles. The van der Waals surface area contributed by atoms with Crippen LogP contribution in [0.2, 0.25) is 0 Å². The van der Waals surface area contributed by atoms with Crippen molar-refractivity contribution >= 4 is 26.7 Å². The van der Waals surface area contributed by atoms with Crippen molar-refractivity contribution in [3.63, 3.8) is 0 Å². The van der Waals surface area contributed by atoms with E-state index in [2.05, 4.69) is 0 Å². The van der Waals surface area contributed by atoms with Gasteiger partial charge in [0.25, 0.3) is 0 Å². The molecule has 0 unspecified atom stereocenters. The molecule has 0 bridgehead atoms. The Hall–Kier alpha value is -1.92. The fourth-order valence-corrected chi connectivity index (χ4v) is 3.47. The van der Waals surface area contributed by atoms with Gasteiger partial charge in [-0.05, 0) is 22.9 Å². The van der Waals surface area contributed by atoms with Crippen molar-refractivity contribution in [1.29, 1.82) is 0 Å². The molecule has 0 saturated carbocycles. The number of fused-ring (bicyclic) bond motifs is 1. The van der Waals surface area contributed by atoms with Gasteiger partial charge in [-0.15, -0.1) is 0 Å². The van der Waals surface area contributed by atoms with E-state index >= 15 is 0 Å². The van der Waals surface area contributed by atoms with E-state index in [-0.39, 0.29) is 18.0 Å². The van der Waals surface area contributed by atoms with Gasteiger partial charge in [-0.1, -0.05) is 37.3 Å². The molecule has 20 heavy (non-hydrogen) atoms. The topological polar surface area (TPSA) is 80.5 Å². The van der Waals surface area contributed by atoms with Crippen LogP contribution in [0.15, 0.2) is 47.4 Å². The summed E-state index contributed by atoms with van der Waals surface area (Å²) in [5.74, 6) is -0.670. The second-order valence-electron chi connectivity index (χ2n) is 4.41. The van der Waals surface area contributed by atoms with Crippen molar-refractivity contribution in [3.05, 3.63) is 42.5 Å². The van der Waals surface area contributed by atoms with Gasteiger partial charge in [0, 0.05) is 6.54 Å². The van der Waals surface area contributed by atoms with Crippen molar-refractivity contribution in [2.24, 2.45) is 5.73 Å². The van der Waals surface area contributed by atoms with Crippen molar-refractivity contribution < 1.29 is 13.2 Å². The third kappa shape index (κ3) is 2.81. The molecule has 2 aromatic rings. The van der Waals surface area contributed by atoms with Crippen LogP contribution in [0.4, 0.5) is 0 Å². The van der Waals surface area contributed by atoms with Crippen LogP contribution in [0, 0.1) is 0 Å². The summed E-state index contributed by atoms with van der Waals surface area (Å²) in [6, 6.07) is 12.4. The van der Waals surface area contributed by atoms with E-state index in [1.807, 2.05) is 24.3 Å². The Balaban J connectivity index is 2.47. The highest BCUT2D eigenvalue weighted by Gasteiger charge is 2.24. The molecule has 1 amide bonds. The fourth-order valence-electron chi connectivity index (χ4n) is 2.02. The molecule has 2 aromatic carbocycles. The first-order valence-corrected chi connectivity index (χ1v) is 7.66. The molecule has 106 valence electrons. The monoisotopic (exact) mass is 292 g/mol. The van der Waals surface area contributed by atoms with Gasteiger partial charge in [0.15, 0.2) is 0 Å². The summed E-state index contributed by atoms with van der Waals surface area (Å²) in [5.41, 5.74) is 5.09. The number of rotatable bonds is 5. The van der Waals surface area contributed by atoms with Crippen LogP contribution in [0.25, 0.3) is 10.8 Å². The molecule has 5 nitrogen and oxygen atoms in total. The molecule has 0 aliphatic heterocycles. The van der Waals surface area contributed by atoms with E-state index in [0.717, 1.165) is 15.1 Å². The lowest BCUT2D eigenvalue weighted by Gasteiger charge is -2.19. The number of amides is 1. The Bertz CT molecular complexity index is 741. The van der Waals surface area contributed by atoms with E-state index in [9.17, 15) is 13.2 Å². The Labute approximate surface area is 118 Å². The number of hydrogen-bond acceptors (Lipinski definition) is 3. The number of likely N-dealkylation sites (N-methyl/N-ethyl adjacent to an activating group) is 1. The molecule has 0 spiro atoms. The van der Waals surface area contributed by atoms with Crippen LogP contribution in [-0.4, -0.2) is 31.7 Å². The van der Waals surface area contributed by atoms with Crippen LogP contribution in [0.1, 0.15) is 6.92 Å². The number of sulfonamides is 1. The van der Waals surface area contributed by atoms with Gasteiger partial charge in [0.1, 0.15) is 0 Å². The molecule has 0 aliphatic rings. The third-order valence-electron chi connectivity index (χ3n) is 3.04. The third-order valence-corrected chi connectivity index (χ3v) is 4.96. The molecule has 6 heteroatoms. The van der Waals surface area contributed by atoms with Crippen LogP contribution in [-0.2, 0) is 14.8 Å². The fraction of sp³-hybridized carbons (Fsp3) is 0.214. The van der Waals surface area contributed by atoms with Gasteiger partial charge in [-0.3, -0.25) is 4.79 Å². The molecule has 0 aromatic heterocycles. The zero-order chi connectivity index (χ0) is 14.8. The highest BCUT2D eigenvalue weighted by molar-refractivity contribution is 7.89. The lowest BCUT2D eigenvalue weighted by Crippen LogP contribution is -2.38. The van der Waals surface area contributed by atoms with Crippen LogP contribution in [0.5, 0.6) is 0 Å². The summed E-state index contributed by atoms with van der Waals surface area (Å²) in [5, 5.41) is 1.80. The van der Waals surface area contributed by atoms with Crippen LogP contribution in [0.3, 0.4) is 0 Å². The molecule has 0 atom stereocenters. The maximum absolute atomic E-state index is 12.5. The summed E-state index contributed by atoms with van der Waals surface area (Å²) < 4.78 is 26.0. The molecule has 2 N–H and O–H groups in total. The maximum atomic E-state index is 12.5. The first kappa shape index (κ1) is 14.5. The number of carbonyl (C=O) groups is 1. The van der Waals surface area contributed by atoms with Gasteiger partial charge >= 0.3 is 0 Å². The minimum atomic E-state index is -3.71. The van der Waals surface area contributed by atoms with E-state index in [1.165, 1.54) is 0 Å². The zero-order valence-electron chi connectivity index (χ0n) is 11.1. The van der Waals surface area contributed by atoms with E-state index in [0.29, 0.717) is 0 Å². The second kappa shape index (κ2) is 5.60. The van der Waals surface area contributed by atoms with Crippen molar-refractivity contribution in [2.45, 2.75) is 11.8 Å². The van der Waals surface area contributed by atoms with E-state index in [4.69, 9.17) is 5.73 Å². The molecule has 0 fully saturated rings. The van der Waals surface area contributed by atoms with Crippen molar-refractivity contribution in [1.82, 2.24) is 4.31 Å². The maximum Gasteiger partial charge on any atom is 0.243 e. The van der Waals surface area contributed by atoms with Crippen LogP contribution < -0.4 is 5.73 Å². The Morgan fingerprint density at radius 1 is 1.15 bits per heavy atom. The number of hydrogen-bond donors (Lipinski definition) is 1. The molecular weight excluding hydrogens is 276 g/mol. The SMILES string of the molecule is CCN(CC(N)=O)S(=O)(=O)c1ccc2ccccc2c1. The lowest BCUT2D eigenvalue weighted by molar-refractivity contribution is -0.118. The summed E-state index contributed by atoms with van der Waals surface area (Å²) in [4.78, 5) is 11.1. The Morgan fingerprint density at radius 3 is 2.40 bits per heavy atom. The van der Waals surface area contributed by atoms with E-state index in [1.54, 1.807) is 25.1 Å². The molecule has 0 saturated heterocycles. The quantitative estimate of drug-likeness (QED) is 0.903. The number of nitrogens with two attached hydrogens (primary N) is 1. The summed E-state index contributed by atoms with van der Waals surface area (Å²) in [7, 11) is -3.71. The van der Waals surface area contributed by atoms with Crippen LogP contribution >= 0.6 is 0 Å². The standard InChI is InChI=1S/C14H16N2O3S/c1-2-16(10-14(15)17)20(18,19)13-8-7-11-5-3-4-6-12(11)9-13/h3-9H,2,10H2,1H3,(H2,15,17). The van der Waals surface area contributed by atoms with Gasteiger partial charge in [-0.25, -0.2) is 8.42 Å². The molecule has 2 rings (SSSR count). The smallest absolute Gasteiger partial charge is 0.243 e.